The molecule has 1 unspecified atom stereocenters. The molecule has 0 bridgehead atoms. The van der Waals surface area contributed by atoms with Crippen LogP contribution in [0.1, 0.15) is 31.4 Å². The molecule has 0 aliphatic rings. The molecule has 0 fully saturated rings. The number of unbranched alkanes of at least 4 members (excludes halogenated alkanes) is 1. The van der Waals surface area contributed by atoms with Crippen molar-refractivity contribution in [1.29, 1.82) is 0 Å². The lowest BCUT2D eigenvalue weighted by molar-refractivity contribution is 0.200. The topological polar surface area (TPSA) is 66.4 Å². The van der Waals surface area contributed by atoms with Crippen LogP contribution in [0.15, 0.2) is 24.3 Å². The predicted octanol–water partition coefficient (Wildman–Crippen LogP) is 2.50. The summed E-state index contributed by atoms with van der Waals surface area (Å²) in [6, 6.07) is 6.82. The van der Waals surface area contributed by atoms with Crippen molar-refractivity contribution in [2.24, 2.45) is 0 Å². The normalized spacial score (nSPS) is 13.3. The largest absolute Gasteiger partial charge is 0.389 e. The number of anilines is 1. The Morgan fingerprint density at radius 3 is 2.61 bits per heavy atom. The summed E-state index contributed by atoms with van der Waals surface area (Å²) in [6.07, 6.45) is 0.475. The molecule has 0 aliphatic heterocycles. The molecule has 4 nitrogen and oxygen atoms in total. The first-order valence-corrected chi connectivity index (χ1v) is 7.98. The van der Waals surface area contributed by atoms with Gasteiger partial charge in [0.05, 0.1) is 17.5 Å². The summed E-state index contributed by atoms with van der Waals surface area (Å²) in [6.45, 7) is 1.60. The highest BCUT2D eigenvalue weighted by Gasteiger charge is 2.14. The van der Waals surface area contributed by atoms with Gasteiger partial charge in [0.1, 0.15) is 0 Å². The van der Waals surface area contributed by atoms with E-state index < -0.39 is 16.1 Å². The predicted molar refractivity (Wildman–Crippen MR) is 74.4 cm³/mol. The number of halogens is 1. The third-order valence-electron chi connectivity index (χ3n) is 2.47. The molecule has 1 aromatic carbocycles. The first kappa shape index (κ1) is 15.3. The lowest BCUT2D eigenvalue weighted by Crippen LogP contribution is -2.18. The van der Waals surface area contributed by atoms with Crippen molar-refractivity contribution in [1.82, 2.24) is 0 Å². The number of rotatable bonds is 7. The Bertz CT molecular complexity index is 474. The Kier molecular flexibility index (Phi) is 5.91. The van der Waals surface area contributed by atoms with E-state index in [1.54, 1.807) is 31.2 Å². The maximum absolute atomic E-state index is 11.8. The number of sulfonamides is 1. The highest BCUT2D eigenvalue weighted by atomic mass is 35.5. The molecule has 0 heterocycles. The number of para-hydroxylation sites is 1. The summed E-state index contributed by atoms with van der Waals surface area (Å²) >= 11 is 5.51. The van der Waals surface area contributed by atoms with Gasteiger partial charge in [-0.3, -0.25) is 4.72 Å². The van der Waals surface area contributed by atoms with Gasteiger partial charge in [-0.05, 0) is 25.8 Å². The van der Waals surface area contributed by atoms with Gasteiger partial charge in [-0.2, -0.15) is 0 Å². The van der Waals surface area contributed by atoms with Crippen molar-refractivity contribution in [3.8, 4) is 0 Å². The Balaban J connectivity index is 2.78. The summed E-state index contributed by atoms with van der Waals surface area (Å²) in [5.41, 5.74) is 0.997. The van der Waals surface area contributed by atoms with Gasteiger partial charge < -0.3 is 5.11 Å². The van der Waals surface area contributed by atoms with Crippen LogP contribution in [0.2, 0.25) is 0 Å². The zero-order valence-electron chi connectivity index (χ0n) is 10.3. The fourth-order valence-electron chi connectivity index (χ4n) is 1.56. The third kappa shape index (κ3) is 4.84. The molecular weight excluding hydrogens is 274 g/mol. The Labute approximate surface area is 113 Å². The van der Waals surface area contributed by atoms with Crippen LogP contribution in [-0.2, 0) is 10.0 Å². The van der Waals surface area contributed by atoms with Gasteiger partial charge in [-0.15, -0.1) is 11.6 Å². The molecular formula is C12H18ClNO3S. The van der Waals surface area contributed by atoms with E-state index in [1.165, 1.54) is 0 Å². The van der Waals surface area contributed by atoms with Gasteiger partial charge >= 0.3 is 0 Å². The van der Waals surface area contributed by atoms with Crippen molar-refractivity contribution < 1.29 is 13.5 Å². The van der Waals surface area contributed by atoms with Gasteiger partial charge in [-0.1, -0.05) is 18.2 Å². The Morgan fingerprint density at radius 2 is 2.00 bits per heavy atom. The van der Waals surface area contributed by atoms with Crippen molar-refractivity contribution in [2.45, 2.75) is 25.9 Å². The van der Waals surface area contributed by atoms with E-state index in [0.29, 0.717) is 30.0 Å². The van der Waals surface area contributed by atoms with Crippen molar-refractivity contribution in [3.05, 3.63) is 29.8 Å². The van der Waals surface area contributed by atoms with Gasteiger partial charge in [-0.25, -0.2) is 8.42 Å². The highest BCUT2D eigenvalue weighted by Crippen LogP contribution is 2.23. The summed E-state index contributed by atoms with van der Waals surface area (Å²) < 4.78 is 26.1. The third-order valence-corrected chi connectivity index (χ3v) is 4.10. The van der Waals surface area contributed by atoms with Gasteiger partial charge in [0.2, 0.25) is 10.0 Å². The molecule has 102 valence electrons. The first-order chi connectivity index (χ1) is 8.46. The molecule has 1 atom stereocenters. The van der Waals surface area contributed by atoms with Crippen LogP contribution in [0.3, 0.4) is 0 Å². The molecule has 0 saturated carbocycles. The Hall–Kier alpha value is -0.780. The van der Waals surface area contributed by atoms with Crippen LogP contribution in [0.4, 0.5) is 5.69 Å². The van der Waals surface area contributed by atoms with Crippen LogP contribution in [0.25, 0.3) is 0 Å². The molecule has 0 radical (unpaired) electrons. The lowest BCUT2D eigenvalue weighted by Gasteiger charge is -2.14. The zero-order chi connectivity index (χ0) is 13.6. The zero-order valence-corrected chi connectivity index (χ0v) is 11.8. The average Bonchev–Trinajstić information content (AvgIpc) is 2.29. The second-order valence-electron chi connectivity index (χ2n) is 4.08. The van der Waals surface area contributed by atoms with Crippen LogP contribution in [-0.4, -0.2) is 25.2 Å². The smallest absolute Gasteiger partial charge is 0.232 e. The molecule has 0 aliphatic carbocycles. The lowest BCUT2D eigenvalue weighted by atomic mass is 10.1. The number of aliphatic hydroxyl groups is 1. The van der Waals surface area contributed by atoms with Crippen molar-refractivity contribution in [2.75, 3.05) is 16.4 Å². The second-order valence-corrected chi connectivity index (χ2v) is 6.30. The SMILES string of the molecule is CC(O)c1ccccc1NS(=O)(=O)CCCCCl. The van der Waals surface area contributed by atoms with Crippen LogP contribution >= 0.6 is 11.6 Å². The molecule has 0 saturated heterocycles. The number of aliphatic hydroxyl groups excluding tert-OH is 1. The van der Waals surface area contributed by atoms with E-state index in [2.05, 4.69) is 4.72 Å². The minimum Gasteiger partial charge on any atom is -0.389 e. The maximum atomic E-state index is 11.8. The van der Waals surface area contributed by atoms with E-state index >= 15 is 0 Å². The minimum absolute atomic E-state index is 0.0356. The van der Waals surface area contributed by atoms with Crippen molar-refractivity contribution in [3.63, 3.8) is 0 Å². The van der Waals surface area contributed by atoms with E-state index in [9.17, 15) is 13.5 Å². The molecule has 0 amide bonds. The van der Waals surface area contributed by atoms with Crippen molar-refractivity contribution >= 4 is 27.3 Å². The minimum atomic E-state index is -3.38. The summed E-state index contributed by atoms with van der Waals surface area (Å²) in [5.74, 6) is 0.494. The Morgan fingerprint density at radius 1 is 1.33 bits per heavy atom. The highest BCUT2D eigenvalue weighted by molar-refractivity contribution is 7.92. The number of hydrogen-bond acceptors (Lipinski definition) is 3. The van der Waals surface area contributed by atoms with E-state index in [1.807, 2.05) is 0 Å². The number of hydrogen-bond donors (Lipinski definition) is 2. The average molecular weight is 292 g/mol. The summed E-state index contributed by atoms with van der Waals surface area (Å²) in [5, 5.41) is 9.56. The number of nitrogens with one attached hydrogen (secondary N) is 1. The van der Waals surface area contributed by atoms with Crippen LogP contribution in [0.5, 0.6) is 0 Å². The molecule has 18 heavy (non-hydrogen) atoms. The molecule has 1 aromatic rings. The van der Waals surface area contributed by atoms with E-state index in [-0.39, 0.29) is 5.75 Å². The summed E-state index contributed by atoms with van der Waals surface area (Å²) in [4.78, 5) is 0. The standard InChI is InChI=1S/C12H18ClNO3S/c1-10(15)11-6-2-3-7-12(11)14-18(16,17)9-5-4-8-13/h2-3,6-7,10,14-15H,4-5,8-9H2,1H3. The first-order valence-electron chi connectivity index (χ1n) is 5.79. The molecule has 0 spiro atoms. The fraction of sp³-hybridized carbons (Fsp3) is 0.500. The number of alkyl halides is 1. The maximum Gasteiger partial charge on any atom is 0.232 e. The second kappa shape index (κ2) is 6.97. The van der Waals surface area contributed by atoms with Gasteiger partial charge in [0.15, 0.2) is 0 Å². The van der Waals surface area contributed by atoms with E-state index in [0.717, 1.165) is 0 Å². The summed E-state index contributed by atoms with van der Waals surface area (Å²) in [7, 11) is -3.38. The quantitative estimate of drug-likeness (QED) is 0.599. The van der Waals surface area contributed by atoms with Crippen LogP contribution < -0.4 is 4.72 Å². The number of benzene rings is 1. The van der Waals surface area contributed by atoms with E-state index in [4.69, 9.17) is 11.6 Å². The fourth-order valence-corrected chi connectivity index (χ4v) is 2.96. The van der Waals surface area contributed by atoms with Gasteiger partial charge in [0.25, 0.3) is 0 Å². The van der Waals surface area contributed by atoms with Crippen LogP contribution in [0, 0.1) is 0 Å². The van der Waals surface area contributed by atoms with Gasteiger partial charge in [0, 0.05) is 11.4 Å². The molecule has 6 heteroatoms. The molecule has 0 aromatic heterocycles. The monoisotopic (exact) mass is 291 g/mol. The molecule has 2 N–H and O–H groups in total. The molecule has 1 rings (SSSR count).